The second kappa shape index (κ2) is 5.26. The Morgan fingerprint density at radius 1 is 1.35 bits per heavy atom. The number of hydrogen-bond donors (Lipinski definition) is 2. The van der Waals surface area contributed by atoms with Crippen LogP contribution >= 0.6 is 11.6 Å². The molecule has 0 aliphatic heterocycles. The van der Waals surface area contributed by atoms with Gasteiger partial charge >= 0.3 is 0 Å². The summed E-state index contributed by atoms with van der Waals surface area (Å²) in [5, 5.41) is 0.0372. The summed E-state index contributed by atoms with van der Waals surface area (Å²) in [7, 11) is -4.12. The molecule has 0 saturated carbocycles. The van der Waals surface area contributed by atoms with Gasteiger partial charge in [0.1, 0.15) is 4.90 Å². The van der Waals surface area contributed by atoms with Gasteiger partial charge in [-0.1, -0.05) is 11.6 Å². The van der Waals surface area contributed by atoms with E-state index in [4.69, 9.17) is 17.3 Å². The first kappa shape index (κ1) is 14.5. The van der Waals surface area contributed by atoms with Gasteiger partial charge in [0.25, 0.3) is 10.0 Å². The van der Waals surface area contributed by atoms with Crippen molar-refractivity contribution in [3.63, 3.8) is 0 Å². The number of nitrogens with one attached hydrogen (secondary N) is 1. The first-order valence-electron chi connectivity index (χ1n) is 5.49. The highest BCUT2D eigenvalue weighted by molar-refractivity contribution is 7.92. The zero-order valence-corrected chi connectivity index (χ0v) is 12.0. The number of halogens is 2. The van der Waals surface area contributed by atoms with Crippen molar-refractivity contribution in [3.05, 3.63) is 47.0 Å². The van der Waals surface area contributed by atoms with Crippen molar-refractivity contribution in [2.75, 3.05) is 10.5 Å². The number of aryl methyl sites for hydroxylation is 1. The topological polar surface area (TPSA) is 85.1 Å². The third kappa shape index (κ3) is 3.00. The Kier molecular flexibility index (Phi) is 3.82. The average molecular weight is 316 g/mol. The van der Waals surface area contributed by atoms with Gasteiger partial charge in [0.05, 0.1) is 11.4 Å². The fourth-order valence-corrected chi connectivity index (χ4v) is 3.07. The number of hydrogen-bond acceptors (Lipinski definition) is 4. The maximum atomic E-state index is 13.8. The number of pyridine rings is 1. The summed E-state index contributed by atoms with van der Waals surface area (Å²) in [6.45, 7) is 1.70. The molecule has 0 spiro atoms. The van der Waals surface area contributed by atoms with Crippen LogP contribution in [0.25, 0.3) is 0 Å². The van der Waals surface area contributed by atoms with Gasteiger partial charge in [0.15, 0.2) is 5.82 Å². The van der Waals surface area contributed by atoms with Crippen LogP contribution in [0.2, 0.25) is 5.02 Å². The largest absolute Gasteiger partial charge is 0.396 e. The number of nitrogens with two attached hydrogens (primary N) is 1. The van der Waals surface area contributed by atoms with Crippen LogP contribution in [0.5, 0.6) is 0 Å². The normalized spacial score (nSPS) is 11.3. The highest BCUT2D eigenvalue weighted by atomic mass is 35.5. The maximum Gasteiger partial charge on any atom is 0.264 e. The first-order valence-corrected chi connectivity index (χ1v) is 7.36. The van der Waals surface area contributed by atoms with E-state index >= 15 is 0 Å². The number of benzene rings is 1. The van der Waals surface area contributed by atoms with Gasteiger partial charge in [0, 0.05) is 16.9 Å². The lowest BCUT2D eigenvalue weighted by atomic mass is 10.3. The molecule has 0 aliphatic rings. The minimum Gasteiger partial charge on any atom is -0.396 e. The Morgan fingerprint density at radius 2 is 2.05 bits per heavy atom. The van der Waals surface area contributed by atoms with Crippen LogP contribution < -0.4 is 10.5 Å². The minimum absolute atomic E-state index is 0.0372. The van der Waals surface area contributed by atoms with E-state index in [-0.39, 0.29) is 16.4 Å². The van der Waals surface area contributed by atoms with Crippen LogP contribution in [-0.2, 0) is 10.0 Å². The molecule has 0 atom stereocenters. The smallest absolute Gasteiger partial charge is 0.264 e. The zero-order chi connectivity index (χ0) is 14.9. The lowest BCUT2D eigenvalue weighted by Crippen LogP contribution is -2.15. The van der Waals surface area contributed by atoms with E-state index in [0.29, 0.717) is 5.69 Å². The SMILES string of the molecule is Cc1cc(NS(=O)(=O)c2cc(Cl)cc(N)c2F)ccn1. The molecule has 2 rings (SSSR count). The highest BCUT2D eigenvalue weighted by Gasteiger charge is 2.22. The standard InChI is InChI=1S/C12H11ClFN3O2S/c1-7-4-9(2-3-16-7)17-20(18,19)11-6-8(13)5-10(15)12(11)14/h2-6H,15H2,1H3,(H,16,17). The first-order chi connectivity index (χ1) is 9.29. The van der Waals surface area contributed by atoms with E-state index in [1.54, 1.807) is 6.92 Å². The van der Waals surface area contributed by atoms with Gasteiger partial charge in [-0.25, -0.2) is 12.8 Å². The van der Waals surface area contributed by atoms with Crippen molar-refractivity contribution in [1.82, 2.24) is 4.98 Å². The summed E-state index contributed by atoms with van der Waals surface area (Å²) in [5.41, 5.74) is 5.94. The van der Waals surface area contributed by atoms with Gasteiger partial charge in [-0.3, -0.25) is 9.71 Å². The van der Waals surface area contributed by atoms with E-state index in [1.807, 2.05) is 0 Å². The molecule has 5 nitrogen and oxygen atoms in total. The van der Waals surface area contributed by atoms with Crippen molar-refractivity contribution in [3.8, 4) is 0 Å². The van der Waals surface area contributed by atoms with Gasteiger partial charge in [0.2, 0.25) is 0 Å². The number of aromatic nitrogens is 1. The second-order valence-electron chi connectivity index (χ2n) is 4.10. The van der Waals surface area contributed by atoms with Gasteiger partial charge in [-0.2, -0.15) is 0 Å². The molecular weight excluding hydrogens is 305 g/mol. The number of anilines is 2. The molecule has 106 valence electrons. The molecule has 0 saturated heterocycles. The van der Waals surface area contributed by atoms with Crippen LogP contribution in [-0.4, -0.2) is 13.4 Å². The van der Waals surface area contributed by atoms with Crippen molar-refractivity contribution >= 4 is 33.0 Å². The minimum atomic E-state index is -4.12. The van der Waals surface area contributed by atoms with Crippen LogP contribution in [0.4, 0.5) is 15.8 Å². The van der Waals surface area contributed by atoms with Crippen LogP contribution in [0.3, 0.4) is 0 Å². The predicted octanol–water partition coefficient (Wildman–Crippen LogP) is 2.57. The molecule has 0 radical (unpaired) electrons. The Bertz CT molecular complexity index is 765. The molecule has 0 aliphatic carbocycles. The molecule has 3 N–H and O–H groups in total. The van der Waals surface area contributed by atoms with E-state index in [1.165, 1.54) is 18.3 Å². The molecule has 0 unspecified atom stereocenters. The fraction of sp³-hybridized carbons (Fsp3) is 0.0833. The summed E-state index contributed by atoms with van der Waals surface area (Å²) in [6, 6.07) is 5.12. The molecular formula is C12H11ClFN3O2S. The maximum absolute atomic E-state index is 13.8. The number of nitrogens with zero attached hydrogens (tertiary/aromatic N) is 1. The van der Waals surface area contributed by atoms with E-state index in [0.717, 1.165) is 12.1 Å². The monoisotopic (exact) mass is 315 g/mol. The third-order valence-electron chi connectivity index (χ3n) is 2.47. The third-order valence-corrected chi connectivity index (χ3v) is 4.07. The zero-order valence-electron chi connectivity index (χ0n) is 10.4. The number of sulfonamides is 1. The molecule has 0 bridgehead atoms. The number of rotatable bonds is 3. The van der Waals surface area contributed by atoms with E-state index < -0.39 is 20.7 Å². The van der Waals surface area contributed by atoms with E-state index in [2.05, 4.69) is 9.71 Å². The summed E-state index contributed by atoms with van der Waals surface area (Å²) in [4.78, 5) is 3.34. The lowest BCUT2D eigenvalue weighted by molar-refractivity contribution is 0.573. The van der Waals surface area contributed by atoms with Gasteiger partial charge < -0.3 is 5.73 Å². The molecule has 1 heterocycles. The van der Waals surface area contributed by atoms with Crippen LogP contribution in [0, 0.1) is 12.7 Å². The molecule has 0 fully saturated rings. The van der Waals surface area contributed by atoms with E-state index in [9.17, 15) is 12.8 Å². The molecule has 2 aromatic rings. The number of nitrogen functional groups attached to an aromatic ring is 1. The lowest BCUT2D eigenvalue weighted by Gasteiger charge is -2.10. The quantitative estimate of drug-likeness (QED) is 0.852. The van der Waals surface area contributed by atoms with Gasteiger partial charge in [-0.05, 0) is 31.2 Å². The summed E-state index contributed by atoms with van der Waals surface area (Å²) < 4.78 is 40.4. The summed E-state index contributed by atoms with van der Waals surface area (Å²) in [6.07, 6.45) is 1.44. The molecule has 1 aromatic carbocycles. The Labute approximate surface area is 120 Å². The van der Waals surface area contributed by atoms with Crippen LogP contribution in [0.15, 0.2) is 35.4 Å². The van der Waals surface area contributed by atoms with Crippen molar-refractivity contribution in [2.45, 2.75) is 11.8 Å². The molecule has 0 amide bonds. The van der Waals surface area contributed by atoms with Crippen LogP contribution in [0.1, 0.15) is 5.69 Å². The van der Waals surface area contributed by atoms with Crippen molar-refractivity contribution in [2.24, 2.45) is 0 Å². The second-order valence-corrected chi connectivity index (χ2v) is 6.19. The fourth-order valence-electron chi connectivity index (χ4n) is 1.60. The predicted molar refractivity (Wildman–Crippen MR) is 75.6 cm³/mol. The Hall–Kier alpha value is -1.86. The van der Waals surface area contributed by atoms with Crippen molar-refractivity contribution < 1.29 is 12.8 Å². The Balaban J connectivity index is 2.46. The Morgan fingerprint density at radius 3 is 2.70 bits per heavy atom. The molecule has 1 aromatic heterocycles. The average Bonchev–Trinajstić information content (AvgIpc) is 2.33. The molecule has 20 heavy (non-hydrogen) atoms. The summed E-state index contributed by atoms with van der Waals surface area (Å²) >= 11 is 5.71. The molecule has 8 heteroatoms. The van der Waals surface area contributed by atoms with Gasteiger partial charge in [-0.15, -0.1) is 0 Å². The summed E-state index contributed by atoms with van der Waals surface area (Å²) in [5.74, 6) is -1.03. The highest BCUT2D eigenvalue weighted by Crippen LogP contribution is 2.26. The van der Waals surface area contributed by atoms with Crippen molar-refractivity contribution in [1.29, 1.82) is 0 Å².